The molecule has 5 rings (SSSR count). The lowest BCUT2D eigenvalue weighted by molar-refractivity contribution is -0.139. The molecule has 2 aliphatic carbocycles. The van der Waals surface area contributed by atoms with Crippen molar-refractivity contribution in [1.82, 2.24) is 9.97 Å². The van der Waals surface area contributed by atoms with Gasteiger partial charge in [-0.15, -0.1) is 0 Å². The Morgan fingerprint density at radius 2 is 1.81 bits per heavy atom. The number of hydrogen-bond donors (Lipinski definition) is 2. The Morgan fingerprint density at radius 3 is 2.46 bits per heavy atom. The first-order chi connectivity index (χ1) is 17.7. The Kier molecular flexibility index (Phi) is 6.92. The number of alkyl halides is 3. The summed E-state index contributed by atoms with van der Waals surface area (Å²) in [6.45, 7) is 0. The molecule has 37 heavy (non-hydrogen) atoms. The fourth-order valence-electron chi connectivity index (χ4n) is 5.57. The average Bonchev–Trinajstić information content (AvgIpc) is 3.29. The van der Waals surface area contributed by atoms with E-state index < -0.39 is 17.7 Å². The molecule has 4 nitrogen and oxygen atoms in total. The predicted octanol–water partition coefficient (Wildman–Crippen LogP) is 7.86. The molecule has 194 valence electrons. The Morgan fingerprint density at radius 1 is 1.03 bits per heavy atom. The number of carboxylic acids is 1. The maximum Gasteiger partial charge on any atom is 0.416 e. The largest absolute Gasteiger partial charge is 0.481 e. The SMILES string of the molecule is O=C(O)CC1CCC(C2=CC=C(Cc3ccc(-c4nc5ccc(C(F)(F)F)cc5[nH]4)cc3F)CC2)CC1. The molecule has 3 aromatic rings. The Bertz CT molecular complexity index is 1380. The van der Waals surface area contributed by atoms with Gasteiger partial charge in [0.05, 0.1) is 16.6 Å². The zero-order chi connectivity index (χ0) is 26.2. The zero-order valence-corrected chi connectivity index (χ0v) is 20.2. The number of carbonyl (C=O) groups is 1. The highest BCUT2D eigenvalue weighted by molar-refractivity contribution is 5.80. The summed E-state index contributed by atoms with van der Waals surface area (Å²) < 4.78 is 54.0. The molecule has 0 bridgehead atoms. The van der Waals surface area contributed by atoms with Crippen LogP contribution in [-0.4, -0.2) is 21.0 Å². The molecule has 2 N–H and O–H groups in total. The number of fused-ring (bicyclic) bond motifs is 1. The highest BCUT2D eigenvalue weighted by Gasteiger charge is 2.31. The smallest absolute Gasteiger partial charge is 0.416 e. The van der Waals surface area contributed by atoms with Gasteiger partial charge < -0.3 is 10.1 Å². The minimum absolute atomic E-state index is 0.250. The van der Waals surface area contributed by atoms with E-state index >= 15 is 0 Å². The molecule has 1 saturated carbocycles. The quantitative estimate of drug-likeness (QED) is 0.331. The van der Waals surface area contributed by atoms with Crippen LogP contribution in [0.3, 0.4) is 0 Å². The molecule has 0 radical (unpaired) electrons. The second kappa shape index (κ2) is 10.1. The van der Waals surface area contributed by atoms with Crippen LogP contribution in [0.25, 0.3) is 22.4 Å². The van der Waals surface area contributed by atoms with Crippen molar-refractivity contribution in [3.05, 3.63) is 76.6 Å². The number of rotatable bonds is 6. The Balaban J connectivity index is 1.25. The van der Waals surface area contributed by atoms with Gasteiger partial charge in [0, 0.05) is 12.0 Å². The van der Waals surface area contributed by atoms with Gasteiger partial charge >= 0.3 is 12.1 Å². The molecule has 0 saturated heterocycles. The second-order valence-electron chi connectivity index (χ2n) is 10.2. The van der Waals surface area contributed by atoms with Gasteiger partial charge in [0.25, 0.3) is 0 Å². The zero-order valence-electron chi connectivity index (χ0n) is 20.2. The molecule has 8 heteroatoms. The number of aromatic nitrogens is 2. The fraction of sp³-hybridized carbons (Fsp3) is 0.379. The van der Waals surface area contributed by atoms with E-state index in [0.717, 1.165) is 56.2 Å². The fourth-order valence-corrected chi connectivity index (χ4v) is 5.57. The van der Waals surface area contributed by atoms with Gasteiger partial charge in [-0.1, -0.05) is 35.4 Å². The number of carboxylic acid groups (broad SMARTS) is 1. The molecule has 0 spiro atoms. The van der Waals surface area contributed by atoms with Crippen molar-refractivity contribution in [3.63, 3.8) is 0 Å². The number of allylic oxidation sites excluding steroid dienone is 4. The maximum absolute atomic E-state index is 15.0. The lowest BCUT2D eigenvalue weighted by Gasteiger charge is -2.30. The first-order valence-electron chi connectivity index (χ1n) is 12.6. The van der Waals surface area contributed by atoms with Crippen LogP contribution in [0.5, 0.6) is 0 Å². The van der Waals surface area contributed by atoms with E-state index in [1.54, 1.807) is 12.1 Å². The van der Waals surface area contributed by atoms with Gasteiger partial charge in [0.2, 0.25) is 0 Å². The summed E-state index contributed by atoms with van der Waals surface area (Å²) in [6, 6.07) is 8.12. The van der Waals surface area contributed by atoms with Gasteiger partial charge in [-0.05, 0) is 86.6 Å². The third-order valence-corrected chi connectivity index (χ3v) is 7.66. The highest BCUT2D eigenvalue weighted by Crippen LogP contribution is 2.38. The number of aromatic amines is 1. The molecule has 2 aliphatic rings. The van der Waals surface area contributed by atoms with Crippen molar-refractivity contribution in [3.8, 4) is 11.4 Å². The van der Waals surface area contributed by atoms with Crippen LogP contribution < -0.4 is 0 Å². The molecule has 0 atom stereocenters. The first kappa shape index (κ1) is 25.2. The number of nitrogens with zero attached hydrogens (tertiary/aromatic N) is 1. The maximum atomic E-state index is 15.0. The number of hydrogen-bond acceptors (Lipinski definition) is 2. The van der Waals surface area contributed by atoms with E-state index in [4.69, 9.17) is 5.11 Å². The van der Waals surface area contributed by atoms with Crippen LogP contribution in [0, 0.1) is 17.7 Å². The monoisotopic (exact) mass is 512 g/mol. The highest BCUT2D eigenvalue weighted by atomic mass is 19.4. The molecule has 1 fully saturated rings. The Hall–Kier alpha value is -3.42. The van der Waals surface area contributed by atoms with Crippen molar-refractivity contribution >= 4 is 17.0 Å². The first-order valence-corrected chi connectivity index (χ1v) is 12.6. The van der Waals surface area contributed by atoms with Crippen LogP contribution in [0.2, 0.25) is 0 Å². The molecular weight excluding hydrogens is 484 g/mol. The summed E-state index contributed by atoms with van der Waals surface area (Å²) in [5.74, 6) is 0.0238. The van der Waals surface area contributed by atoms with Gasteiger partial charge in [-0.25, -0.2) is 9.37 Å². The summed E-state index contributed by atoms with van der Waals surface area (Å²) in [5, 5.41) is 9.00. The average molecular weight is 513 g/mol. The lowest BCUT2D eigenvalue weighted by Crippen LogP contribution is -2.19. The third kappa shape index (κ3) is 5.78. The number of aliphatic carboxylic acids is 1. The van der Waals surface area contributed by atoms with Crippen LogP contribution >= 0.6 is 0 Å². The van der Waals surface area contributed by atoms with Crippen LogP contribution in [0.4, 0.5) is 17.6 Å². The van der Waals surface area contributed by atoms with Crippen LogP contribution in [-0.2, 0) is 17.4 Å². The van der Waals surface area contributed by atoms with E-state index in [1.165, 1.54) is 17.7 Å². The van der Waals surface area contributed by atoms with Crippen molar-refractivity contribution in [2.24, 2.45) is 11.8 Å². The van der Waals surface area contributed by atoms with Crippen LogP contribution in [0.1, 0.15) is 56.1 Å². The lowest BCUT2D eigenvalue weighted by atomic mass is 9.75. The van der Waals surface area contributed by atoms with Crippen molar-refractivity contribution in [1.29, 1.82) is 0 Å². The summed E-state index contributed by atoms with van der Waals surface area (Å²) >= 11 is 0. The molecule has 0 amide bonds. The number of imidazole rings is 1. The second-order valence-corrected chi connectivity index (χ2v) is 10.2. The van der Waals surface area contributed by atoms with Crippen LogP contribution in [0.15, 0.2) is 59.7 Å². The minimum atomic E-state index is -4.45. The molecule has 1 aromatic heterocycles. The Labute approximate surface area is 212 Å². The van der Waals surface area contributed by atoms with E-state index in [-0.39, 0.29) is 23.7 Å². The summed E-state index contributed by atoms with van der Waals surface area (Å²) in [6.07, 6.45) is 6.35. The number of nitrogens with one attached hydrogen (secondary N) is 1. The molecule has 2 aromatic carbocycles. The number of benzene rings is 2. The van der Waals surface area contributed by atoms with Crippen molar-refractivity contribution < 1.29 is 27.5 Å². The minimum Gasteiger partial charge on any atom is -0.481 e. The molecular formula is C29H28F4N2O2. The van der Waals surface area contributed by atoms with Gasteiger partial charge in [-0.2, -0.15) is 13.2 Å². The summed E-state index contributed by atoms with van der Waals surface area (Å²) in [4.78, 5) is 18.1. The van der Waals surface area contributed by atoms with Crippen molar-refractivity contribution in [2.45, 2.75) is 57.5 Å². The normalized spacial score (nSPS) is 20.5. The van der Waals surface area contributed by atoms with E-state index in [2.05, 4.69) is 22.1 Å². The van der Waals surface area contributed by atoms with Crippen molar-refractivity contribution in [2.75, 3.05) is 0 Å². The predicted molar refractivity (Wildman–Crippen MR) is 133 cm³/mol. The summed E-state index contributed by atoms with van der Waals surface area (Å²) in [5.41, 5.74) is 3.48. The number of H-pyrrole nitrogens is 1. The topological polar surface area (TPSA) is 66.0 Å². The summed E-state index contributed by atoms with van der Waals surface area (Å²) in [7, 11) is 0. The molecule has 1 heterocycles. The molecule has 0 aliphatic heterocycles. The van der Waals surface area contributed by atoms with E-state index in [1.807, 2.05) is 0 Å². The van der Waals surface area contributed by atoms with Gasteiger partial charge in [0.1, 0.15) is 11.6 Å². The van der Waals surface area contributed by atoms with Gasteiger partial charge in [-0.3, -0.25) is 4.79 Å². The third-order valence-electron chi connectivity index (χ3n) is 7.66. The van der Waals surface area contributed by atoms with E-state index in [0.29, 0.717) is 34.8 Å². The van der Waals surface area contributed by atoms with E-state index in [9.17, 15) is 22.4 Å². The standard InChI is InChI=1S/C29H28F4N2O2/c30-24-15-22(28-34-25-12-11-23(29(31,32)33)16-26(25)35-28)10-9-21(24)13-17-1-5-19(6-2-17)20-7-3-18(4-8-20)14-27(36)37/h1,5,9-12,15-16,18,20H,2-4,6-8,13-14H2,(H,34,35)(H,36,37). The van der Waals surface area contributed by atoms with Gasteiger partial charge in [0.15, 0.2) is 0 Å². The number of halogens is 4. The molecule has 0 unspecified atom stereocenters.